The number of allylic oxidation sites excluding steroid dienone is 3. The van der Waals surface area contributed by atoms with Crippen LogP contribution >= 0.6 is 0 Å². The van der Waals surface area contributed by atoms with E-state index in [2.05, 4.69) is 24.7 Å². The predicted molar refractivity (Wildman–Crippen MR) is 107 cm³/mol. The molecule has 0 amide bonds. The first-order chi connectivity index (χ1) is 12.7. The fraction of sp³-hybridized carbons (Fsp3) is 0.450. The van der Waals surface area contributed by atoms with Gasteiger partial charge in [0, 0.05) is 19.6 Å². The molecule has 2 heterocycles. The number of imidazole rings is 1. The van der Waals surface area contributed by atoms with Crippen LogP contribution in [0.5, 0.6) is 0 Å². The van der Waals surface area contributed by atoms with Crippen molar-refractivity contribution in [1.82, 2.24) is 18.7 Å². The Morgan fingerprint density at radius 2 is 1.38 bits per heavy atom. The molecular formula is C20H28N4O2. The molecular weight excluding hydrogens is 328 g/mol. The molecule has 140 valence electrons. The van der Waals surface area contributed by atoms with E-state index in [1.54, 1.807) is 17.0 Å². The number of hydrogen-bond acceptors (Lipinski definition) is 3. The van der Waals surface area contributed by atoms with Gasteiger partial charge in [0.05, 0.1) is 6.33 Å². The maximum absolute atomic E-state index is 13.0. The Balaban J connectivity index is 2.53. The lowest BCUT2D eigenvalue weighted by Crippen LogP contribution is -2.40. The van der Waals surface area contributed by atoms with Gasteiger partial charge in [-0.15, -0.1) is 19.7 Å². The average molecular weight is 356 g/mol. The molecule has 2 rings (SSSR count). The highest BCUT2D eigenvalue weighted by molar-refractivity contribution is 5.70. The molecule has 2 aromatic rings. The van der Waals surface area contributed by atoms with E-state index in [-0.39, 0.29) is 11.2 Å². The highest BCUT2D eigenvalue weighted by atomic mass is 16.2. The summed E-state index contributed by atoms with van der Waals surface area (Å²) in [5, 5.41) is 0. The molecule has 0 saturated carbocycles. The summed E-state index contributed by atoms with van der Waals surface area (Å²) in [6.07, 6.45) is 12.0. The second-order valence-electron chi connectivity index (χ2n) is 6.29. The quantitative estimate of drug-likeness (QED) is 0.433. The van der Waals surface area contributed by atoms with Gasteiger partial charge in [-0.1, -0.05) is 18.2 Å². The molecule has 0 atom stereocenters. The topological polar surface area (TPSA) is 61.8 Å². The van der Waals surface area contributed by atoms with Gasteiger partial charge in [0.25, 0.3) is 5.56 Å². The number of hydrogen-bond donors (Lipinski definition) is 0. The van der Waals surface area contributed by atoms with Crippen LogP contribution in [-0.4, -0.2) is 18.7 Å². The smallest absolute Gasteiger partial charge is 0.325 e. The van der Waals surface area contributed by atoms with Gasteiger partial charge in [0.1, 0.15) is 0 Å². The monoisotopic (exact) mass is 356 g/mol. The van der Waals surface area contributed by atoms with E-state index in [1.165, 1.54) is 4.57 Å². The lowest BCUT2D eigenvalue weighted by atomic mass is 10.3. The summed E-state index contributed by atoms with van der Waals surface area (Å²) in [6.45, 7) is 12.7. The Morgan fingerprint density at radius 1 is 0.846 bits per heavy atom. The van der Waals surface area contributed by atoms with Crippen LogP contribution in [0.4, 0.5) is 0 Å². The van der Waals surface area contributed by atoms with Crippen molar-refractivity contribution in [2.24, 2.45) is 0 Å². The number of unbranched alkanes of at least 4 members (excludes halogenated alkanes) is 3. The average Bonchev–Trinajstić information content (AvgIpc) is 3.05. The lowest BCUT2D eigenvalue weighted by molar-refractivity contribution is 0.537. The van der Waals surface area contributed by atoms with Crippen molar-refractivity contribution in [3.8, 4) is 0 Å². The van der Waals surface area contributed by atoms with Gasteiger partial charge in [-0.25, -0.2) is 9.78 Å². The van der Waals surface area contributed by atoms with Crippen molar-refractivity contribution in [3.63, 3.8) is 0 Å². The molecule has 0 radical (unpaired) electrons. The fourth-order valence-electron chi connectivity index (χ4n) is 3.00. The third-order valence-corrected chi connectivity index (χ3v) is 4.37. The second kappa shape index (κ2) is 9.75. The van der Waals surface area contributed by atoms with E-state index >= 15 is 0 Å². The molecule has 0 aliphatic heterocycles. The predicted octanol–water partition coefficient (Wildman–Crippen LogP) is 3.26. The summed E-state index contributed by atoms with van der Waals surface area (Å²) < 4.78 is 4.82. The van der Waals surface area contributed by atoms with Gasteiger partial charge >= 0.3 is 5.69 Å². The molecule has 0 saturated heterocycles. The van der Waals surface area contributed by atoms with Crippen molar-refractivity contribution in [2.75, 3.05) is 0 Å². The third-order valence-electron chi connectivity index (χ3n) is 4.37. The van der Waals surface area contributed by atoms with E-state index in [1.807, 2.05) is 16.7 Å². The van der Waals surface area contributed by atoms with E-state index < -0.39 is 0 Å². The standard InChI is InChI=1S/C20H28N4O2/c1-4-7-10-13-22-16-21-18-17(22)19(25)24(15-12-9-6-3)20(26)23(18)14-11-8-5-2/h4-6,16H,1-3,7-15H2. The Kier molecular flexibility index (Phi) is 7.38. The van der Waals surface area contributed by atoms with Gasteiger partial charge in [-0.2, -0.15) is 0 Å². The lowest BCUT2D eigenvalue weighted by Gasteiger charge is -2.12. The summed E-state index contributed by atoms with van der Waals surface area (Å²) >= 11 is 0. The molecule has 0 unspecified atom stereocenters. The van der Waals surface area contributed by atoms with Gasteiger partial charge in [-0.05, 0) is 38.5 Å². The molecule has 0 N–H and O–H groups in total. The van der Waals surface area contributed by atoms with Crippen LogP contribution in [0, 0.1) is 0 Å². The Hall–Kier alpha value is -2.63. The minimum Gasteiger partial charge on any atom is -0.325 e. The molecule has 26 heavy (non-hydrogen) atoms. The van der Waals surface area contributed by atoms with Gasteiger partial charge in [-0.3, -0.25) is 13.9 Å². The second-order valence-corrected chi connectivity index (χ2v) is 6.29. The van der Waals surface area contributed by atoms with Crippen LogP contribution in [0.3, 0.4) is 0 Å². The van der Waals surface area contributed by atoms with Crippen LogP contribution in [-0.2, 0) is 19.6 Å². The zero-order valence-corrected chi connectivity index (χ0v) is 15.4. The Labute approximate surface area is 153 Å². The molecule has 6 heteroatoms. The van der Waals surface area contributed by atoms with Crippen LogP contribution < -0.4 is 11.2 Å². The van der Waals surface area contributed by atoms with Crippen LogP contribution in [0.2, 0.25) is 0 Å². The van der Waals surface area contributed by atoms with Gasteiger partial charge < -0.3 is 4.57 Å². The first-order valence-corrected chi connectivity index (χ1v) is 9.16. The Morgan fingerprint density at radius 3 is 1.96 bits per heavy atom. The van der Waals surface area contributed by atoms with E-state index in [9.17, 15) is 9.59 Å². The maximum atomic E-state index is 13.0. The molecule has 0 aliphatic rings. The van der Waals surface area contributed by atoms with Crippen molar-refractivity contribution in [3.05, 3.63) is 65.1 Å². The molecule has 0 bridgehead atoms. The molecule has 0 spiro atoms. The minimum atomic E-state index is -0.285. The zero-order valence-electron chi connectivity index (χ0n) is 15.4. The zero-order chi connectivity index (χ0) is 18.9. The normalized spacial score (nSPS) is 10.9. The number of aryl methyl sites for hydroxylation is 2. The summed E-state index contributed by atoms with van der Waals surface area (Å²) in [7, 11) is 0. The number of aromatic nitrogens is 4. The van der Waals surface area contributed by atoms with E-state index in [0.717, 1.165) is 32.1 Å². The maximum Gasteiger partial charge on any atom is 0.332 e. The van der Waals surface area contributed by atoms with Crippen molar-refractivity contribution in [1.29, 1.82) is 0 Å². The largest absolute Gasteiger partial charge is 0.332 e. The van der Waals surface area contributed by atoms with Crippen molar-refractivity contribution < 1.29 is 0 Å². The van der Waals surface area contributed by atoms with Crippen LogP contribution in [0.25, 0.3) is 11.2 Å². The molecule has 0 aromatic carbocycles. The Bertz CT molecular complexity index is 886. The summed E-state index contributed by atoms with van der Waals surface area (Å²) in [6, 6.07) is 0. The first kappa shape index (κ1) is 19.7. The van der Waals surface area contributed by atoms with Gasteiger partial charge in [0.15, 0.2) is 11.2 Å². The molecule has 6 nitrogen and oxygen atoms in total. The van der Waals surface area contributed by atoms with Crippen LogP contribution in [0.15, 0.2) is 53.9 Å². The highest BCUT2D eigenvalue weighted by Crippen LogP contribution is 2.10. The molecule has 0 aliphatic carbocycles. The SMILES string of the molecule is C=CCCCn1c(=O)c2c(ncn2CCCC=C)n(CCCC=C)c1=O. The van der Waals surface area contributed by atoms with E-state index in [4.69, 9.17) is 0 Å². The van der Waals surface area contributed by atoms with Crippen molar-refractivity contribution >= 4 is 11.2 Å². The summed E-state index contributed by atoms with van der Waals surface area (Å²) in [5.74, 6) is 0. The fourth-order valence-corrected chi connectivity index (χ4v) is 3.00. The van der Waals surface area contributed by atoms with E-state index in [0.29, 0.717) is 37.2 Å². The first-order valence-electron chi connectivity index (χ1n) is 9.16. The molecule has 0 fully saturated rings. The van der Waals surface area contributed by atoms with Crippen molar-refractivity contribution in [2.45, 2.75) is 58.2 Å². The summed E-state index contributed by atoms with van der Waals surface area (Å²) in [5.41, 5.74) is 0.436. The van der Waals surface area contributed by atoms with Gasteiger partial charge in [0.2, 0.25) is 0 Å². The number of fused-ring (bicyclic) bond motifs is 1. The minimum absolute atomic E-state index is 0.259. The highest BCUT2D eigenvalue weighted by Gasteiger charge is 2.17. The number of rotatable bonds is 12. The summed E-state index contributed by atoms with van der Waals surface area (Å²) in [4.78, 5) is 30.2. The number of nitrogens with zero attached hydrogens (tertiary/aromatic N) is 4. The van der Waals surface area contributed by atoms with Crippen LogP contribution in [0.1, 0.15) is 38.5 Å². The molecule has 2 aromatic heterocycles. The third kappa shape index (κ3) is 4.31.